The highest BCUT2D eigenvalue weighted by atomic mass is 16.2. The topological polar surface area (TPSA) is 105 Å². The molecule has 8 heteroatoms. The maximum Gasteiger partial charge on any atom is 0.255 e. The fourth-order valence-electron chi connectivity index (χ4n) is 3.23. The van der Waals surface area contributed by atoms with Crippen LogP contribution in [0.5, 0.6) is 0 Å². The number of nitrogens with zero attached hydrogens (tertiary/aromatic N) is 2. The van der Waals surface area contributed by atoms with E-state index in [-0.39, 0.29) is 23.9 Å². The molecular weight excluding hydrogens is 394 g/mol. The van der Waals surface area contributed by atoms with E-state index in [4.69, 9.17) is 0 Å². The monoisotopic (exact) mass is 419 g/mol. The number of carbonyl (C=O) groups excluding carboxylic acids is 2. The molecule has 8 nitrogen and oxygen atoms in total. The molecule has 3 N–H and O–H groups in total. The van der Waals surface area contributed by atoms with Crippen LogP contribution >= 0.6 is 0 Å². The molecule has 0 aliphatic rings. The van der Waals surface area contributed by atoms with Gasteiger partial charge in [-0.15, -0.1) is 0 Å². The Morgan fingerprint density at radius 2 is 1.45 bits per heavy atom. The molecule has 1 heterocycles. The van der Waals surface area contributed by atoms with Gasteiger partial charge in [-0.05, 0) is 68.3 Å². The van der Waals surface area contributed by atoms with Crippen LogP contribution in [0.2, 0.25) is 0 Å². The van der Waals surface area contributed by atoms with Crippen LogP contribution in [0.25, 0.3) is 0 Å². The van der Waals surface area contributed by atoms with Gasteiger partial charge in [0.05, 0.1) is 0 Å². The van der Waals surface area contributed by atoms with E-state index in [0.29, 0.717) is 23.0 Å². The first kappa shape index (κ1) is 21.8. The SMILES string of the molecule is CC(=O)Nc1ccc(NC(=O)Cn2c(Nc3cc(C)cc(C)c3)nc(C)cc2=O)cc1. The maximum absolute atomic E-state index is 12.6. The molecule has 0 aliphatic heterocycles. The summed E-state index contributed by atoms with van der Waals surface area (Å²) >= 11 is 0. The van der Waals surface area contributed by atoms with Crippen LogP contribution in [0.1, 0.15) is 23.7 Å². The lowest BCUT2D eigenvalue weighted by Crippen LogP contribution is -2.30. The van der Waals surface area contributed by atoms with E-state index in [1.807, 2.05) is 32.0 Å². The molecule has 0 fully saturated rings. The highest BCUT2D eigenvalue weighted by Gasteiger charge is 2.12. The number of nitrogens with one attached hydrogen (secondary N) is 3. The largest absolute Gasteiger partial charge is 0.326 e. The molecule has 0 bridgehead atoms. The van der Waals surface area contributed by atoms with Crippen LogP contribution in [0, 0.1) is 20.8 Å². The van der Waals surface area contributed by atoms with Gasteiger partial charge in [-0.3, -0.25) is 19.0 Å². The van der Waals surface area contributed by atoms with Crippen molar-refractivity contribution in [3.63, 3.8) is 0 Å². The summed E-state index contributed by atoms with van der Waals surface area (Å²) in [4.78, 5) is 40.7. The zero-order valence-electron chi connectivity index (χ0n) is 17.9. The Morgan fingerprint density at radius 1 is 0.871 bits per heavy atom. The number of hydrogen-bond acceptors (Lipinski definition) is 5. The minimum atomic E-state index is -0.372. The van der Waals surface area contributed by atoms with Crippen molar-refractivity contribution in [3.05, 3.63) is 75.7 Å². The molecule has 3 aromatic rings. The first-order valence-electron chi connectivity index (χ1n) is 9.81. The van der Waals surface area contributed by atoms with Crippen molar-refractivity contribution in [1.29, 1.82) is 0 Å². The van der Waals surface area contributed by atoms with E-state index >= 15 is 0 Å². The average Bonchev–Trinajstić information content (AvgIpc) is 2.65. The molecule has 3 rings (SSSR count). The van der Waals surface area contributed by atoms with Crippen LogP contribution in [0.3, 0.4) is 0 Å². The van der Waals surface area contributed by atoms with Gasteiger partial charge in [0.2, 0.25) is 17.8 Å². The molecule has 0 spiro atoms. The fraction of sp³-hybridized carbons (Fsp3) is 0.217. The lowest BCUT2D eigenvalue weighted by atomic mass is 10.1. The number of hydrogen-bond donors (Lipinski definition) is 3. The highest BCUT2D eigenvalue weighted by molar-refractivity contribution is 5.92. The molecule has 160 valence electrons. The summed E-state index contributed by atoms with van der Waals surface area (Å²) in [6.45, 7) is 6.92. The van der Waals surface area contributed by atoms with E-state index in [1.54, 1.807) is 31.2 Å². The van der Waals surface area contributed by atoms with Crippen molar-refractivity contribution in [3.8, 4) is 0 Å². The van der Waals surface area contributed by atoms with Crippen molar-refractivity contribution in [1.82, 2.24) is 9.55 Å². The molecule has 0 atom stereocenters. The third kappa shape index (κ3) is 6.02. The molecule has 0 aliphatic carbocycles. The van der Waals surface area contributed by atoms with Crippen molar-refractivity contribution in [2.45, 2.75) is 34.2 Å². The van der Waals surface area contributed by atoms with Gasteiger partial charge in [0.25, 0.3) is 5.56 Å². The molecule has 0 unspecified atom stereocenters. The minimum absolute atomic E-state index is 0.174. The Labute approximate surface area is 180 Å². The summed E-state index contributed by atoms with van der Waals surface area (Å²) in [6.07, 6.45) is 0. The van der Waals surface area contributed by atoms with Gasteiger partial charge < -0.3 is 16.0 Å². The molecule has 2 aromatic carbocycles. The van der Waals surface area contributed by atoms with Crippen LogP contribution in [0.4, 0.5) is 23.0 Å². The second-order valence-electron chi connectivity index (χ2n) is 7.45. The molecular formula is C23H25N5O3. The Bertz CT molecular complexity index is 1160. The van der Waals surface area contributed by atoms with Crippen molar-refractivity contribution >= 4 is 34.8 Å². The van der Waals surface area contributed by atoms with Crippen molar-refractivity contribution in [2.24, 2.45) is 0 Å². The smallest absolute Gasteiger partial charge is 0.255 e. The van der Waals surface area contributed by atoms with Crippen molar-refractivity contribution < 1.29 is 9.59 Å². The number of aromatic nitrogens is 2. The molecule has 0 saturated carbocycles. The van der Waals surface area contributed by atoms with E-state index in [0.717, 1.165) is 16.8 Å². The van der Waals surface area contributed by atoms with Gasteiger partial charge >= 0.3 is 0 Å². The Hall–Kier alpha value is -3.94. The third-order valence-electron chi connectivity index (χ3n) is 4.40. The summed E-state index contributed by atoms with van der Waals surface area (Å²) in [5.74, 6) is -0.249. The van der Waals surface area contributed by atoms with E-state index < -0.39 is 0 Å². The zero-order chi connectivity index (χ0) is 22.5. The van der Waals surface area contributed by atoms with Gasteiger partial charge in [-0.2, -0.15) is 0 Å². The molecule has 0 radical (unpaired) electrons. The summed E-state index contributed by atoms with van der Waals surface area (Å²) in [5, 5.41) is 8.58. The molecule has 0 saturated heterocycles. The first-order chi connectivity index (χ1) is 14.7. The van der Waals surface area contributed by atoms with Gasteiger partial charge in [0, 0.05) is 35.7 Å². The number of rotatable bonds is 6. The number of carbonyl (C=O) groups is 2. The summed E-state index contributed by atoms with van der Waals surface area (Å²) < 4.78 is 1.30. The second kappa shape index (κ2) is 9.25. The van der Waals surface area contributed by atoms with E-state index in [1.165, 1.54) is 17.6 Å². The van der Waals surface area contributed by atoms with Crippen LogP contribution in [-0.2, 0) is 16.1 Å². The highest BCUT2D eigenvalue weighted by Crippen LogP contribution is 2.18. The average molecular weight is 419 g/mol. The Balaban J connectivity index is 1.79. The first-order valence-corrected chi connectivity index (χ1v) is 9.81. The van der Waals surface area contributed by atoms with E-state index in [9.17, 15) is 14.4 Å². The lowest BCUT2D eigenvalue weighted by Gasteiger charge is -2.15. The minimum Gasteiger partial charge on any atom is -0.326 e. The van der Waals surface area contributed by atoms with Gasteiger partial charge in [-0.25, -0.2) is 4.98 Å². The fourth-order valence-corrected chi connectivity index (χ4v) is 3.23. The van der Waals surface area contributed by atoms with Gasteiger partial charge in [0.15, 0.2) is 0 Å². The lowest BCUT2D eigenvalue weighted by molar-refractivity contribution is -0.117. The number of amides is 2. The summed E-state index contributed by atoms with van der Waals surface area (Å²) in [7, 11) is 0. The predicted octanol–water partition coefficient (Wildman–Crippen LogP) is 3.51. The normalized spacial score (nSPS) is 10.5. The Morgan fingerprint density at radius 3 is 2.03 bits per heavy atom. The number of aryl methyl sites for hydroxylation is 3. The van der Waals surface area contributed by atoms with Crippen molar-refractivity contribution in [2.75, 3.05) is 16.0 Å². The van der Waals surface area contributed by atoms with Crippen LogP contribution < -0.4 is 21.5 Å². The second-order valence-corrected chi connectivity index (χ2v) is 7.45. The molecule has 2 amide bonds. The summed E-state index contributed by atoms with van der Waals surface area (Å²) in [6, 6.07) is 14.1. The van der Waals surface area contributed by atoms with Crippen LogP contribution in [0.15, 0.2) is 53.3 Å². The number of benzene rings is 2. The quantitative estimate of drug-likeness (QED) is 0.567. The van der Waals surface area contributed by atoms with Gasteiger partial charge in [0.1, 0.15) is 6.54 Å². The summed E-state index contributed by atoms with van der Waals surface area (Å²) in [5.41, 5.74) is 4.35. The van der Waals surface area contributed by atoms with Gasteiger partial charge in [-0.1, -0.05) is 6.07 Å². The van der Waals surface area contributed by atoms with Crippen LogP contribution in [-0.4, -0.2) is 21.4 Å². The predicted molar refractivity (Wildman–Crippen MR) is 122 cm³/mol. The molecule has 1 aromatic heterocycles. The maximum atomic E-state index is 12.6. The van der Waals surface area contributed by atoms with E-state index in [2.05, 4.69) is 20.9 Å². The third-order valence-corrected chi connectivity index (χ3v) is 4.40. The number of anilines is 4. The standard InChI is InChI=1S/C23H25N5O3/c1-14-9-15(2)11-20(10-14)27-23-24-16(3)12-22(31)28(23)13-21(30)26-19-7-5-18(6-8-19)25-17(4)29/h5-12H,13H2,1-4H3,(H,24,27)(H,25,29)(H,26,30). The zero-order valence-corrected chi connectivity index (χ0v) is 17.9. The Kier molecular flexibility index (Phi) is 6.49. The molecule has 31 heavy (non-hydrogen) atoms.